The highest BCUT2D eigenvalue weighted by molar-refractivity contribution is 7.89. The van der Waals surface area contributed by atoms with Crippen LogP contribution in [0.4, 0.5) is 0 Å². The molecule has 1 N–H and O–H groups in total. The molecule has 0 saturated carbocycles. The topological polar surface area (TPSA) is 66.1 Å². The van der Waals surface area contributed by atoms with E-state index in [9.17, 15) is 8.42 Å². The number of nitrogens with zero attached hydrogens (tertiary/aromatic N) is 2. The lowest BCUT2D eigenvalue weighted by atomic mass is 10.1. The van der Waals surface area contributed by atoms with Gasteiger partial charge in [0.05, 0.1) is 6.20 Å². The molecule has 6 heteroatoms. The van der Waals surface area contributed by atoms with Crippen LogP contribution < -0.4 is 0 Å². The lowest BCUT2D eigenvalue weighted by Crippen LogP contribution is -2.34. The third-order valence-corrected chi connectivity index (χ3v) is 4.73. The van der Waals surface area contributed by atoms with Crippen molar-refractivity contribution in [1.82, 2.24) is 14.3 Å². The number of sulfonamides is 1. The molecule has 1 aliphatic heterocycles. The van der Waals surface area contributed by atoms with Crippen LogP contribution in [0.2, 0.25) is 0 Å². The number of hydrogen-bond donors (Lipinski definition) is 1. The third kappa shape index (κ3) is 2.42. The molecule has 1 aromatic rings. The van der Waals surface area contributed by atoms with E-state index in [0.717, 1.165) is 6.42 Å². The minimum atomic E-state index is -3.40. The van der Waals surface area contributed by atoms with E-state index < -0.39 is 10.0 Å². The van der Waals surface area contributed by atoms with Crippen molar-refractivity contribution in [2.45, 2.75) is 31.7 Å². The van der Waals surface area contributed by atoms with Gasteiger partial charge in [0.15, 0.2) is 5.03 Å². The Hall–Kier alpha value is -1.14. The minimum absolute atomic E-state index is 0.197. The Balaban J connectivity index is 2.24. The van der Waals surface area contributed by atoms with E-state index >= 15 is 0 Å². The van der Waals surface area contributed by atoms with Crippen LogP contribution in [-0.4, -0.2) is 35.8 Å². The van der Waals surface area contributed by atoms with E-state index in [1.165, 1.54) is 16.1 Å². The lowest BCUT2D eigenvalue weighted by Gasteiger charge is -2.23. The molecule has 0 aliphatic carbocycles. The van der Waals surface area contributed by atoms with Gasteiger partial charge >= 0.3 is 0 Å². The molecule has 1 aromatic heterocycles. The predicted octanol–water partition coefficient (Wildman–Crippen LogP) is 1.31. The Morgan fingerprint density at radius 3 is 2.82 bits per heavy atom. The monoisotopic (exact) mass is 255 g/mol. The van der Waals surface area contributed by atoms with Gasteiger partial charge in [0.1, 0.15) is 5.82 Å². The molecule has 2 heterocycles. The summed E-state index contributed by atoms with van der Waals surface area (Å²) in [6.45, 7) is 4.96. The highest BCUT2D eigenvalue weighted by atomic mass is 32.2. The molecule has 0 amide bonds. The number of aromatic nitrogens is 2. The largest absolute Gasteiger partial charge is 0.332 e. The predicted molar refractivity (Wildman–Crippen MR) is 65.1 cm³/mol. The zero-order chi connectivity index (χ0) is 12.5. The van der Waals surface area contributed by atoms with Gasteiger partial charge in [-0.2, -0.15) is 4.31 Å². The molecule has 5 nitrogen and oxygen atoms in total. The Morgan fingerprint density at radius 1 is 1.53 bits per heavy atom. The quantitative estimate of drug-likeness (QED) is 0.828. The number of rotatable bonds is 3. The van der Waals surface area contributed by atoms with E-state index in [1.807, 2.05) is 19.9 Å². The van der Waals surface area contributed by atoms with Gasteiger partial charge in [-0.3, -0.25) is 0 Å². The van der Waals surface area contributed by atoms with Crippen LogP contribution >= 0.6 is 0 Å². The summed E-state index contributed by atoms with van der Waals surface area (Å²) in [5, 5.41) is 0.197. The molecule has 0 bridgehead atoms. The van der Waals surface area contributed by atoms with Gasteiger partial charge in [0.25, 0.3) is 10.0 Å². The summed E-state index contributed by atoms with van der Waals surface area (Å²) in [5.74, 6) is 0.701. The van der Waals surface area contributed by atoms with Crippen LogP contribution in [0.5, 0.6) is 0 Å². The van der Waals surface area contributed by atoms with Gasteiger partial charge in [0, 0.05) is 19.5 Å². The van der Waals surface area contributed by atoms with Crippen LogP contribution in [0.25, 0.3) is 0 Å². The van der Waals surface area contributed by atoms with E-state index in [4.69, 9.17) is 0 Å². The van der Waals surface area contributed by atoms with Crippen LogP contribution in [0.1, 0.15) is 26.1 Å². The maximum Gasteiger partial charge on any atom is 0.260 e. The normalized spacial score (nSPS) is 18.1. The summed E-state index contributed by atoms with van der Waals surface area (Å²) in [6.07, 6.45) is 4.86. The van der Waals surface area contributed by atoms with Crippen molar-refractivity contribution in [2.24, 2.45) is 0 Å². The molecule has 0 fully saturated rings. The average molecular weight is 255 g/mol. The molecule has 17 heavy (non-hydrogen) atoms. The summed E-state index contributed by atoms with van der Waals surface area (Å²) in [4.78, 5) is 6.88. The fourth-order valence-corrected chi connectivity index (χ4v) is 3.08. The van der Waals surface area contributed by atoms with Gasteiger partial charge in [-0.15, -0.1) is 0 Å². The first-order valence-electron chi connectivity index (χ1n) is 5.73. The van der Waals surface area contributed by atoms with E-state index in [2.05, 4.69) is 9.97 Å². The number of hydrogen-bond acceptors (Lipinski definition) is 3. The SMILES string of the molecule is CCc1ncc(S(=O)(=O)N2CC=C(C)CC2)[nH]1. The standard InChI is InChI=1S/C11H17N3O2S/c1-3-10-12-8-11(13-10)17(15,16)14-6-4-9(2)5-7-14/h4,8H,3,5-7H2,1-2H3,(H,12,13). The van der Waals surface area contributed by atoms with Gasteiger partial charge in [-0.1, -0.05) is 18.6 Å². The second-order valence-corrected chi connectivity index (χ2v) is 6.12. The Labute approximate surface area is 102 Å². The summed E-state index contributed by atoms with van der Waals surface area (Å²) in [5.41, 5.74) is 1.25. The van der Waals surface area contributed by atoms with E-state index in [1.54, 1.807) is 0 Å². The van der Waals surface area contributed by atoms with E-state index in [-0.39, 0.29) is 5.03 Å². The fraction of sp³-hybridized carbons (Fsp3) is 0.545. The first-order chi connectivity index (χ1) is 8.04. The number of aromatic amines is 1. The molecule has 0 saturated heterocycles. The van der Waals surface area contributed by atoms with Crippen molar-refractivity contribution in [3.05, 3.63) is 23.7 Å². The van der Waals surface area contributed by atoms with E-state index in [0.29, 0.717) is 25.3 Å². The molecule has 94 valence electrons. The molecule has 0 unspecified atom stereocenters. The molecule has 0 aromatic carbocycles. The van der Waals surface area contributed by atoms with Crippen LogP contribution in [0.3, 0.4) is 0 Å². The van der Waals surface area contributed by atoms with Crippen molar-refractivity contribution < 1.29 is 8.42 Å². The van der Waals surface area contributed by atoms with Crippen LogP contribution in [-0.2, 0) is 16.4 Å². The zero-order valence-electron chi connectivity index (χ0n) is 10.1. The fourth-order valence-electron chi connectivity index (χ4n) is 1.76. The highest BCUT2D eigenvalue weighted by Crippen LogP contribution is 2.18. The second-order valence-electron chi connectivity index (χ2n) is 4.21. The van der Waals surface area contributed by atoms with Crippen molar-refractivity contribution in [1.29, 1.82) is 0 Å². The summed E-state index contributed by atoms with van der Waals surface area (Å²) >= 11 is 0. The Kier molecular flexibility index (Phi) is 3.35. The lowest BCUT2D eigenvalue weighted by molar-refractivity contribution is 0.429. The Morgan fingerprint density at radius 2 is 2.29 bits per heavy atom. The van der Waals surface area contributed by atoms with Gasteiger partial charge in [-0.05, 0) is 13.3 Å². The summed E-state index contributed by atoms with van der Waals surface area (Å²) < 4.78 is 26.0. The summed E-state index contributed by atoms with van der Waals surface area (Å²) in [7, 11) is -3.40. The maximum absolute atomic E-state index is 12.2. The van der Waals surface area contributed by atoms with Crippen molar-refractivity contribution in [3.8, 4) is 0 Å². The first-order valence-corrected chi connectivity index (χ1v) is 7.17. The van der Waals surface area contributed by atoms with Crippen LogP contribution in [0.15, 0.2) is 22.9 Å². The van der Waals surface area contributed by atoms with Crippen molar-refractivity contribution in [2.75, 3.05) is 13.1 Å². The van der Waals surface area contributed by atoms with Crippen molar-refractivity contribution >= 4 is 10.0 Å². The average Bonchev–Trinajstić information content (AvgIpc) is 2.78. The number of aryl methyl sites for hydroxylation is 1. The molecule has 2 rings (SSSR count). The highest BCUT2D eigenvalue weighted by Gasteiger charge is 2.26. The van der Waals surface area contributed by atoms with Crippen LogP contribution in [0, 0.1) is 0 Å². The zero-order valence-corrected chi connectivity index (χ0v) is 10.9. The Bertz CT molecular complexity index is 531. The smallest absolute Gasteiger partial charge is 0.260 e. The van der Waals surface area contributed by atoms with Gasteiger partial charge in [0.2, 0.25) is 0 Å². The first kappa shape index (κ1) is 12.3. The summed E-state index contributed by atoms with van der Waals surface area (Å²) in [6, 6.07) is 0. The van der Waals surface area contributed by atoms with Crippen molar-refractivity contribution in [3.63, 3.8) is 0 Å². The number of H-pyrrole nitrogens is 1. The molecule has 0 spiro atoms. The third-order valence-electron chi connectivity index (χ3n) is 2.96. The van der Waals surface area contributed by atoms with Gasteiger partial charge in [-0.25, -0.2) is 13.4 Å². The van der Waals surface area contributed by atoms with Gasteiger partial charge < -0.3 is 4.98 Å². The minimum Gasteiger partial charge on any atom is -0.332 e. The maximum atomic E-state index is 12.2. The molecule has 0 atom stereocenters. The molecule has 0 radical (unpaired) electrons. The number of imidazole rings is 1. The molecule has 1 aliphatic rings. The molecular formula is C11H17N3O2S. The second kappa shape index (κ2) is 4.62. The molecular weight excluding hydrogens is 238 g/mol. The number of nitrogens with one attached hydrogen (secondary N) is 1.